The summed E-state index contributed by atoms with van der Waals surface area (Å²) in [4.78, 5) is 12.0. The molecule has 1 heterocycles. The van der Waals surface area contributed by atoms with E-state index in [0.29, 0.717) is 24.2 Å². The van der Waals surface area contributed by atoms with Crippen molar-refractivity contribution in [3.8, 4) is 5.69 Å². The Bertz CT molecular complexity index is 717. The summed E-state index contributed by atoms with van der Waals surface area (Å²) in [5.74, 6) is 0.832. The van der Waals surface area contributed by atoms with Gasteiger partial charge in [0.1, 0.15) is 0 Å². The fourth-order valence-corrected chi connectivity index (χ4v) is 3.04. The van der Waals surface area contributed by atoms with Crippen LogP contribution in [-0.4, -0.2) is 51.6 Å². The predicted octanol–water partition coefficient (Wildman–Crippen LogP) is 2.55. The van der Waals surface area contributed by atoms with E-state index in [1.165, 1.54) is 17.3 Å². The van der Waals surface area contributed by atoms with Gasteiger partial charge in [0.25, 0.3) is 0 Å². The minimum absolute atomic E-state index is 0.0577. The van der Waals surface area contributed by atoms with Crippen molar-refractivity contribution in [1.82, 2.24) is 25.5 Å². The molecule has 0 aliphatic carbocycles. The molecule has 26 heavy (non-hydrogen) atoms. The first-order valence-electron chi connectivity index (χ1n) is 8.80. The van der Waals surface area contributed by atoms with Crippen LogP contribution in [0.1, 0.15) is 31.4 Å². The van der Waals surface area contributed by atoms with E-state index in [1.54, 1.807) is 4.68 Å². The minimum atomic E-state index is -0.0577. The Labute approximate surface area is 158 Å². The number of thioether (sulfide) groups is 1. The molecule has 0 fully saturated rings. The lowest BCUT2D eigenvalue weighted by Gasteiger charge is -2.09. The number of tetrazole rings is 1. The van der Waals surface area contributed by atoms with Gasteiger partial charge in [0.2, 0.25) is 11.1 Å². The van der Waals surface area contributed by atoms with Gasteiger partial charge in [-0.25, -0.2) is 0 Å². The van der Waals surface area contributed by atoms with E-state index in [2.05, 4.69) is 40.8 Å². The summed E-state index contributed by atoms with van der Waals surface area (Å²) in [6.45, 7) is 10.2. The average Bonchev–Trinajstić information content (AvgIpc) is 3.04. The zero-order valence-corrected chi connectivity index (χ0v) is 16.7. The summed E-state index contributed by atoms with van der Waals surface area (Å²) >= 11 is 1.32. The smallest absolute Gasteiger partial charge is 0.230 e. The number of benzene rings is 1. The number of aromatic nitrogens is 4. The van der Waals surface area contributed by atoms with E-state index in [1.807, 2.05) is 26.0 Å². The first kappa shape index (κ1) is 20.4. The van der Waals surface area contributed by atoms with Crippen LogP contribution in [0.15, 0.2) is 23.4 Å². The van der Waals surface area contributed by atoms with Crippen LogP contribution in [0.5, 0.6) is 0 Å². The molecule has 0 spiro atoms. The Morgan fingerprint density at radius 1 is 1.31 bits per heavy atom. The van der Waals surface area contributed by atoms with Crippen LogP contribution in [0.3, 0.4) is 0 Å². The van der Waals surface area contributed by atoms with E-state index >= 15 is 0 Å². The van der Waals surface area contributed by atoms with Crippen LogP contribution in [0.4, 0.5) is 0 Å². The van der Waals surface area contributed by atoms with Crippen LogP contribution in [0.25, 0.3) is 5.69 Å². The largest absolute Gasteiger partial charge is 0.380 e. The number of nitrogens with zero attached hydrogens (tertiary/aromatic N) is 4. The van der Waals surface area contributed by atoms with Crippen LogP contribution < -0.4 is 5.32 Å². The van der Waals surface area contributed by atoms with E-state index in [4.69, 9.17) is 4.74 Å². The molecule has 142 valence electrons. The molecule has 7 nitrogen and oxygen atoms in total. The summed E-state index contributed by atoms with van der Waals surface area (Å²) in [5, 5.41) is 15.3. The number of carbonyl (C=O) groups excluding carboxylic acids is 1. The first-order chi connectivity index (χ1) is 12.5. The molecule has 0 radical (unpaired) electrons. The van der Waals surface area contributed by atoms with Gasteiger partial charge in [-0.1, -0.05) is 43.3 Å². The maximum absolute atomic E-state index is 12.0. The molecule has 0 bridgehead atoms. The molecule has 2 rings (SSSR count). The second kappa shape index (κ2) is 10.3. The maximum atomic E-state index is 12.0. The first-order valence-corrected chi connectivity index (χ1v) is 9.79. The number of nitrogens with one attached hydrogen (secondary N) is 1. The number of amides is 1. The molecule has 0 aliphatic heterocycles. The zero-order chi connectivity index (χ0) is 18.9. The average molecular weight is 378 g/mol. The number of aryl methyl sites for hydroxylation is 2. The monoisotopic (exact) mass is 377 g/mol. The lowest BCUT2D eigenvalue weighted by Crippen LogP contribution is -2.29. The molecule has 1 amide bonds. The molecule has 0 aliphatic rings. The van der Waals surface area contributed by atoms with Crippen molar-refractivity contribution in [1.29, 1.82) is 0 Å². The lowest BCUT2D eigenvalue weighted by molar-refractivity contribution is -0.118. The van der Waals surface area contributed by atoms with Gasteiger partial charge in [0.05, 0.1) is 18.0 Å². The van der Waals surface area contributed by atoms with Crippen molar-refractivity contribution < 1.29 is 9.53 Å². The molecule has 0 unspecified atom stereocenters. The summed E-state index contributed by atoms with van der Waals surface area (Å²) in [7, 11) is 0. The fraction of sp³-hybridized carbons (Fsp3) is 0.556. The van der Waals surface area contributed by atoms with Gasteiger partial charge < -0.3 is 10.1 Å². The van der Waals surface area contributed by atoms with Crippen LogP contribution in [0, 0.1) is 19.8 Å². The summed E-state index contributed by atoms with van der Waals surface area (Å²) < 4.78 is 7.16. The van der Waals surface area contributed by atoms with Crippen molar-refractivity contribution in [3.63, 3.8) is 0 Å². The number of hydrogen-bond donors (Lipinski definition) is 1. The molecular formula is C18H27N5O2S. The van der Waals surface area contributed by atoms with Gasteiger partial charge in [-0.2, -0.15) is 4.68 Å². The van der Waals surface area contributed by atoms with Gasteiger partial charge in [0, 0.05) is 13.2 Å². The minimum Gasteiger partial charge on any atom is -0.380 e. The van der Waals surface area contributed by atoms with Gasteiger partial charge in [-0.3, -0.25) is 4.79 Å². The summed E-state index contributed by atoms with van der Waals surface area (Å²) in [6, 6.07) is 6.08. The molecule has 0 saturated carbocycles. The molecule has 1 aromatic carbocycles. The predicted molar refractivity (Wildman–Crippen MR) is 103 cm³/mol. The van der Waals surface area contributed by atoms with E-state index < -0.39 is 0 Å². The molecule has 8 heteroatoms. The highest BCUT2D eigenvalue weighted by Crippen LogP contribution is 2.21. The molecule has 2 aromatic rings. The van der Waals surface area contributed by atoms with Crippen molar-refractivity contribution in [2.75, 3.05) is 25.5 Å². The number of ether oxygens (including phenoxy) is 1. The number of rotatable bonds is 10. The summed E-state index contributed by atoms with van der Waals surface area (Å²) in [6.07, 6.45) is 1.03. The molecule has 1 N–H and O–H groups in total. The second-order valence-corrected chi connectivity index (χ2v) is 7.54. The van der Waals surface area contributed by atoms with Crippen molar-refractivity contribution in [2.24, 2.45) is 5.92 Å². The molecule has 1 aromatic heterocycles. The fourth-order valence-electron chi connectivity index (χ4n) is 2.33. The second-order valence-electron chi connectivity index (χ2n) is 6.60. The van der Waals surface area contributed by atoms with Crippen LogP contribution >= 0.6 is 11.8 Å². The highest BCUT2D eigenvalue weighted by molar-refractivity contribution is 7.99. The Kier molecular flexibility index (Phi) is 8.06. The Morgan fingerprint density at radius 2 is 2.12 bits per heavy atom. The van der Waals surface area contributed by atoms with Crippen molar-refractivity contribution >= 4 is 17.7 Å². The highest BCUT2D eigenvalue weighted by atomic mass is 32.2. The van der Waals surface area contributed by atoms with Crippen molar-refractivity contribution in [2.45, 2.75) is 39.3 Å². The number of carbonyl (C=O) groups is 1. The van der Waals surface area contributed by atoms with E-state index in [9.17, 15) is 4.79 Å². The maximum Gasteiger partial charge on any atom is 0.230 e. The Morgan fingerprint density at radius 3 is 2.85 bits per heavy atom. The lowest BCUT2D eigenvalue weighted by atomic mass is 10.1. The molecule has 0 saturated heterocycles. The Hall–Kier alpha value is -1.93. The number of hydrogen-bond acceptors (Lipinski definition) is 6. The third-order valence-corrected chi connectivity index (χ3v) is 4.68. The third kappa shape index (κ3) is 6.42. The van der Waals surface area contributed by atoms with Gasteiger partial charge in [0.15, 0.2) is 0 Å². The topological polar surface area (TPSA) is 81.9 Å². The van der Waals surface area contributed by atoms with Gasteiger partial charge in [-0.05, 0) is 48.2 Å². The molecule has 0 atom stereocenters. The normalized spacial score (nSPS) is 11.1. The van der Waals surface area contributed by atoms with Gasteiger partial charge in [-0.15, -0.1) is 5.10 Å². The zero-order valence-electron chi connectivity index (χ0n) is 15.9. The quantitative estimate of drug-likeness (QED) is 0.506. The molecular weight excluding hydrogens is 350 g/mol. The Balaban J connectivity index is 1.78. The van der Waals surface area contributed by atoms with Crippen molar-refractivity contribution in [3.05, 3.63) is 29.3 Å². The highest BCUT2D eigenvalue weighted by Gasteiger charge is 2.13. The van der Waals surface area contributed by atoms with E-state index in [0.717, 1.165) is 24.3 Å². The summed E-state index contributed by atoms with van der Waals surface area (Å²) in [5.41, 5.74) is 3.19. The van der Waals surface area contributed by atoms with Gasteiger partial charge >= 0.3 is 0 Å². The standard InChI is InChI=1S/C18H27N5O2S/c1-13(2)7-9-25-10-8-19-17(24)12-26-18-20-21-22-23(18)16-6-5-14(3)11-15(16)4/h5-6,11,13H,7-10,12H2,1-4H3,(H,19,24). The van der Waals surface area contributed by atoms with Crippen LogP contribution in [-0.2, 0) is 9.53 Å². The van der Waals surface area contributed by atoms with Crippen LogP contribution in [0.2, 0.25) is 0 Å². The SMILES string of the molecule is Cc1ccc(-n2nnnc2SCC(=O)NCCOCCC(C)C)c(C)c1. The van der Waals surface area contributed by atoms with E-state index in [-0.39, 0.29) is 11.7 Å². The third-order valence-electron chi connectivity index (χ3n) is 3.76.